The summed E-state index contributed by atoms with van der Waals surface area (Å²) in [6, 6.07) is 11.8. The van der Waals surface area contributed by atoms with E-state index >= 15 is 0 Å². The zero-order valence-corrected chi connectivity index (χ0v) is 14.2. The maximum atomic E-state index is 14.3. The smallest absolute Gasteiger partial charge is 0.327 e. The third-order valence-electron chi connectivity index (χ3n) is 3.87. The molecule has 5 nitrogen and oxygen atoms in total. The average Bonchev–Trinajstić information content (AvgIpc) is 2.64. The predicted molar refractivity (Wildman–Crippen MR) is 90.4 cm³/mol. The van der Waals surface area contributed by atoms with Crippen LogP contribution in [-0.4, -0.2) is 20.2 Å². The number of carbonyl (C=O) groups excluding carboxylic acids is 1. The highest BCUT2D eigenvalue weighted by molar-refractivity contribution is 5.77. The van der Waals surface area contributed by atoms with E-state index in [0.29, 0.717) is 22.4 Å². The number of rotatable bonds is 6. The van der Waals surface area contributed by atoms with Crippen molar-refractivity contribution in [1.82, 2.24) is 5.32 Å². The normalized spacial score (nSPS) is 12.8. The van der Waals surface area contributed by atoms with Crippen LogP contribution in [0.5, 0.6) is 5.75 Å². The Bertz CT molecular complexity index is 801. The summed E-state index contributed by atoms with van der Waals surface area (Å²) in [6.07, 6.45) is 0. The molecular weight excluding hydrogens is 323 g/mol. The second-order valence-corrected chi connectivity index (χ2v) is 5.44. The van der Waals surface area contributed by atoms with Crippen LogP contribution in [0.25, 0.3) is 0 Å². The van der Waals surface area contributed by atoms with E-state index in [2.05, 4.69) is 5.32 Å². The molecule has 2 rings (SSSR count). The van der Waals surface area contributed by atoms with Gasteiger partial charge in [-0.15, -0.1) is 0 Å². The maximum Gasteiger partial charge on any atom is 0.327 e. The van der Waals surface area contributed by atoms with Crippen molar-refractivity contribution in [3.8, 4) is 11.8 Å². The van der Waals surface area contributed by atoms with E-state index in [1.54, 1.807) is 43.3 Å². The number of ether oxygens (including phenoxy) is 2. The first-order valence-electron chi connectivity index (χ1n) is 7.68. The Kier molecular flexibility index (Phi) is 6.09. The van der Waals surface area contributed by atoms with Crippen LogP contribution in [0.1, 0.15) is 35.7 Å². The van der Waals surface area contributed by atoms with Crippen molar-refractivity contribution < 1.29 is 18.7 Å². The van der Waals surface area contributed by atoms with E-state index in [1.165, 1.54) is 20.3 Å². The molecule has 0 fully saturated rings. The molecule has 2 aromatic carbocycles. The van der Waals surface area contributed by atoms with Crippen LogP contribution < -0.4 is 10.1 Å². The number of methoxy groups -OCH3 is 2. The molecule has 0 amide bonds. The topological polar surface area (TPSA) is 71.3 Å². The van der Waals surface area contributed by atoms with E-state index in [4.69, 9.17) is 14.7 Å². The van der Waals surface area contributed by atoms with E-state index in [0.717, 1.165) is 0 Å². The summed E-state index contributed by atoms with van der Waals surface area (Å²) in [5.74, 6) is -0.583. The molecule has 0 aliphatic rings. The number of nitriles is 1. The first kappa shape index (κ1) is 18.4. The van der Waals surface area contributed by atoms with E-state index in [9.17, 15) is 9.18 Å². The summed E-state index contributed by atoms with van der Waals surface area (Å²) in [5.41, 5.74) is 1.30. The summed E-state index contributed by atoms with van der Waals surface area (Å²) in [7, 11) is 2.73. The van der Waals surface area contributed by atoms with Gasteiger partial charge in [-0.25, -0.2) is 9.18 Å². The summed E-state index contributed by atoms with van der Waals surface area (Å²) in [4.78, 5) is 12.2. The molecule has 0 aliphatic heterocycles. The Balaban J connectivity index is 2.38. The van der Waals surface area contributed by atoms with Crippen LogP contribution in [-0.2, 0) is 9.53 Å². The van der Waals surface area contributed by atoms with Gasteiger partial charge in [0.25, 0.3) is 0 Å². The third kappa shape index (κ3) is 4.14. The van der Waals surface area contributed by atoms with Gasteiger partial charge in [0.2, 0.25) is 0 Å². The molecule has 0 radical (unpaired) electrons. The first-order chi connectivity index (χ1) is 12.0. The molecule has 25 heavy (non-hydrogen) atoms. The highest BCUT2D eigenvalue weighted by Gasteiger charge is 2.26. The van der Waals surface area contributed by atoms with Gasteiger partial charge in [-0.3, -0.25) is 5.32 Å². The van der Waals surface area contributed by atoms with Gasteiger partial charge in [0, 0.05) is 11.6 Å². The fourth-order valence-corrected chi connectivity index (χ4v) is 2.65. The molecule has 130 valence electrons. The lowest BCUT2D eigenvalue weighted by atomic mass is 10.0. The average molecular weight is 342 g/mol. The van der Waals surface area contributed by atoms with Crippen molar-refractivity contribution in [2.45, 2.75) is 19.0 Å². The van der Waals surface area contributed by atoms with Gasteiger partial charge in [-0.2, -0.15) is 5.26 Å². The van der Waals surface area contributed by atoms with Crippen LogP contribution in [0, 0.1) is 17.1 Å². The Labute approximate surface area is 146 Å². The zero-order chi connectivity index (χ0) is 18.4. The number of carbonyl (C=O) groups is 1. The lowest BCUT2D eigenvalue weighted by Gasteiger charge is -2.24. The minimum atomic E-state index is -0.849. The predicted octanol–water partition coefficient (Wildman–Crippen LogP) is 3.27. The second kappa shape index (κ2) is 8.27. The number of halogens is 1. The molecule has 0 saturated carbocycles. The van der Waals surface area contributed by atoms with Gasteiger partial charge in [-0.05, 0) is 36.8 Å². The van der Waals surface area contributed by atoms with Crippen LogP contribution in [0.3, 0.4) is 0 Å². The number of benzene rings is 2. The fraction of sp³-hybridized carbons (Fsp3) is 0.263. The Morgan fingerprint density at radius 1 is 1.24 bits per heavy atom. The first-order valence-corrected chi connectivity index (χ1v) is 7.68. The van der Waals surface area contributed by atoms with Gasteiger partial charge < -0.3 is 9.47 Å². The molecular formula is C19H19FN2O3. The van der Waals surface area contributed by atoms with Crippen molar-refractivity contribution in [3.05, 3.63) is 65.0 Å². The minimum Gasteiger partial charge on any atom is -0.496 e. The van der Waals surface area contributed by atoms with Crippen molar-refractivity contribution >= 4 is 5.97 Å². The molecule has 0 saturated heterocycles. The molecule has 0 heterocycles. The Morgan fingerprint density at radius 3 is 2.60 bits per heavy atom. The van der Waals surface area contributed by atoms with Crippen LogP contribution in [0.2, 0.25) is 0 Å². The zero-order valence-electron chi connectivity index (χ0n) is 14.2. The van der Waals surface area contributed by atoms with Crippen LogP contribution in [0.15, 0.2) is 42.5 Å². The highest BCUT2D eigenvalue weighted by atomic mass is 19.1. The summed E-state index contributed by atoms with van der Waals surface area (Å²) in [6.45, 7) is 1.73. The second-order valence-electron chi connectivity index (χ2n) is 5.44. The van der Waals surface area contributed by atoms with E-state index < -0.39 is 23.9 Å². The summed E-state index contributed by atoms with van der Waals surface area (Å²) < 4.78 is 24.3. The standard InChI is InChI=1S/C19H19FN2O3/c1-12(17-15(20)8-5-9-16(17)24-2)22-18(19(23)25-3)14-7-4-6-13(10-14)11-21/h4-10,12,18,22H,1-3H3/t12-,18-/m1/s1. The summed E-state index contributed by atoms with van der Waals surface area (Å²) >= 11 is 0. The van der Waals surface area contributed by atoms with Crippen LogP contribution >= 0.6 is 0 Å². The maximum absolute atomic E-state index is 14.3. The third-order valence-corrected chi connectivity index (χ3v) is 3.87. The molecule has 0 unspecified atom stereocenters. The molecule has 1 N–H and O–H groups in total. The molecule has 0 spiro atoms. The van der Waals surface area contributed by atoms with Gasteiger partial charge in [-0.1, -0.05) is 18.2 Å². The molecule has 6 heteroatoms. The quantitative estimate of drug-likeness (QED) is 0.816. The Hall–Kier alpha value is -2.91. The number of hydrogen-bond acceptors (Lipinski definition) is 5. The monoisotopic (exact) mass is 342 g/mol. The van der Waals surface area contributed by atoms with Crippen LogP contribution in [0.4, 0.5) is 4.39 Å². The van der Waals surface area contributed by atoms with Gasteiger partial charge in [0.15, 0.2) is 0 Å². The van der Waals surface area contributed by atoms with Gasteiger partial charge >= 0.3 is 5.97 Å². The van der Waals surface area contributed by atoms with Gasteiger partial charge in [0.05, 0.1) is 25.9 Å². The molecule has 2 aromatic rings. The molecule has 0 aromatic heterocycles. The summed E-state index contributed by atoms with van der Waals surface area (Å²) in [5, 5.41) is 12.1. The fourth-order valence-electron chi connectivity index (χ4n) is 2.65. The SMILES string of the molecule is COC(=O)[C@H](N[C@H](C)c1c(F)cccc1OC)c1cccc(C#N)c1. The highest BCUT2D eigenvalue weighted by Crippen LogP contribution is 2.30. The number of esters is 1. The largest absolute Gasteiger partial charge is 0.496 e. The number of hydrogen-bond donors (Lipinski definition) is 1. The molecule has 2 atom stereocenters. The van der Waals surface area contributed by atoms with Crippen molar-refractivity contribution in [2.75, 3.05) is 14.2 Å². The number of nitrogens with zero attached hydrogens (tertiary/aromatic N) is 1. The number of nitrogens with one attached hydrogen (secondary N) is 1. The lowest BCUT2D eigenvalue weighted by Crippen LogP contribution is -2.32. The lowest BCUT2D eigenvalue weighted by molar-refractivity contribution is -0.143. The Morgan fingerprint density at radius 2 is 1.96 bits per heavy atom. The van der Waals surface area contributed by atoms with E-state index in [-0.39, 0.29) is 0 Å². The molecule has 0 aliphatic carbocycles. The molecule has 0 bridgehead atoms. The van der Waals surface area contributed by atoms with Gasteiger partial charge in [0.1, 0.15) is 17.6 Å². The van der Waals surface area contributed by atoms with Crippen molar-refractivity contribution in [2.24, 2.45) is 0 Å². The van der Waals surface area contributed by atoms with Crippen molar-refractivity contribution in [3.63, 3.8) is 0 Å². The van der Waals surface area contributed by atoms with Crippen molar-refractivity contribution in [1.29, 1.82) is 5.26 Å². The van der Waals surface area contributed by atoms with E-state index in [1.807, 2.05) is 6.07 Å². The minimum absolute atomic E-state index is 0.315.